The second-order valence-electron chi connectivity index (χ2n) is 5.48. The fraction of sp³-hybridized carbons (Fsp3) is 0.222. The number of nitrogens with zero attached hydrogens (tertiary/aromatic N) is 4. The van der Waals surface area contributed by atoms with Crippen molar-refractivity contribution < 1.29 is 9.53 Å². The van der Waals surface area contributed by atoms with Crippen molar-refractivity contribution in [1.29, 1.82) is 0 Å². The van der Waals surface area contributed by atoms with Crippen LogP contribution in [0.25, 0.3) is 5.65 Å². The number of fused-ring (bicyclic) bond motifs is 1. The summed E-state index contributed by atoms with van der Waals surface area (Å²) in [7, 11) is 0. The lowest BCUT2D eigenvalue weighted by Gasteiger charge is -2.01. The van der Waals surface area contributed by atoms with Gasteiger partial charge >= 0.3 is 5.97 Å². The molecule has 6 nitrogen and oxygen atoms in total. The average molecular weight is 322 g/mol. The molecule has 24 heavy (non-hydrogen) atoms. The van der Waals surface area contributed by atoms with Crippen LogP contribution in [0, 0.1) is 13.8 Å². The van der Waals surface area contributed by atoms with Crippen LogP contribution in [0.15, 0.2) is 52.8 Å². The van der Waals surface area contributed by atoms with Crippen molar-refractivity contribution in [3.05, 3.63) is 59.4 Å². The standard InChI is InChI=1S/C18H18N4O2/c1-4-24-18(23)16-17(22-8-6-5-7-15(22)19-16)21-20-14-10-12(2)9-13(3)11-14/h5-11H,4H2,1-3H3. The number of imidazole rings is 1. The third-order valence-corrected chi connectivity index (χ3v) is 3.44. The number of carbonyl (C=O) groups is 1. The number of ether oxygens (including phenoxy) is 1. The van der Waals surface area contributed by atoms with Gasteiger partial charge in [-0.2, -0.15) is 0 Å². The minimum absolute atomic E-state index is 0.163. The van der Waals surface area contributed by atoms with Gasteiger partial charge in [0.2, 0.25) is 0 Å². The number of carbonyl (C=O) groups excluding carboxylic acids is 1. The Balaban J connectivity index is 2.08. The van der Waals surface area contributed by atoms with Gasteiger partial charge in [-0.3, -0.25) is 4.40 Å². The number of hydrogen-bond acceptors (Lipinski definition) is 5. The summed E-state index contributed by atoms with van der Waals surface area (Å²) in [5, 5.41) is 8.55. The van der Waals surface area contributed by atoms with Gasteiger partial charge in [-0.05, 0) is 56.2 Å². The van der Waals surface area contributed by atoms with Crippen molar-refractivity contribution in [2.75, 3.05) is 6.61 Å². The van der Waals surface area contributed by atoms with E-state index in [0.29, 0.717) is 11.5 Å². The monoisotopic (exact) mass is 322 g/mol. The highest BCUT2D eigenvalue weighted by Crippen LogP contribution is 2.25. The summed E-state index contributed by atoms with van der Waals surface area (Å²) in [5.41, 5.74) is 3.72. The predicted octanol–water partition coefficient (Wildman–Crippen LogP) is 4.54. The van der Waals surface area contributed by atoms with Crippen molar-refractivity contribution in [2.45, 2.75) is 20.8 Å². The molecule has 0 saturated carbocycles. The Kier molecular flexibility index (Phi) is 4.37. The Hall–Kier alpha value is -3.02. The summed E-state index contributed by atoms with van der Waals surface area (Å²) < 4.78 is 6.79. The molecule has 3 rings (SSSR count). The van der Waals surface area contributed by atoms with Crippen LogP contribution in [0.3, 0.4) is 0 Å². The van der Waals surface area contributed by atoms with Crippen molar-refractivity contribution in [3.63, 3.8) is 0 Å². The Morgan fingerprint density at radius 2 is 1.92 bits per heavy atom. The summed E-state index contributed by atoms with van der Waals surface area (Å²) >= 11 is 0. The molecule has 0 aliphatic rings. The van der Waals surface area contributed by atoms with Crippen LogP contribution in [-0.2, 0) is 4.74 Å². The third-order valence-electron chi connectivity index (χ3n) is 3.44. The van der Waals surface area contributed by atoms with Gasteiger partial charge in [-0.25, -0.2) is 9.78 Å². The Morgan fingerprint density at radius 1 is 1.17 bits per heavy atom. The van der Waals surface area contributed by atoms with E-state index in [1.54, 1.807) is 23.6 Å². The molecule has 0 unspecified atom stereocenters. The van der Waals surface area contributed by atoms with Gasteiger partial charge in [-0.15, -0.1) is 10.2 Å². The van der Waals surface area contributed by atoms with Gasteiger partial charge < -0.3 is 4.74 Å². The van der Waals surface area contributed by atoms with Gasteiger partial charge in [-0.1, -0.05) is 12.1 Å². The maximum Gasteiger partial charge on any atom is 0.360 e. The summed E-state index contributed by atoms with van der Waals surface area (Å²) in [5.74, 6) is -0.140. The molecule has 3 aromatic rings. The Labute approximate surface area is 139 Å². The minimum atomic E-state index is -0.504. The van der Waals surface area contributed by atoms with Crippen LogP contribution in [-0.4, -0.2) is 22.0 Å². The number of azo groups is 1. The number of aromatic nitrogens is 2. The molecule has 122 valence electrons. The van der Waals surface area contributed by atoms with E-state index in [1.807, 2.05) is 38.1 Å². The van der Waals surface area contributed by atoms with Gasteiger partial charge in [0.05, 0.1) is 12.3 Å². The maximum absolute atomic E-state index is 12.2. The summed E-state index contributed by atoms with van der Waals surface area (Å²) in [6.45, 7) is 6.04. The molecule has 1 aromatic carbocycles. The second kappa shape index (κ2) is 6.62. The molecule has 0 N–H and O–H groups in total. The molecule has 6 heteroatoms. The van der Waals surface area contributed by atoms with E-state index in [-0.39, 0.29) is 12.3 Å². The first-order valence-corrected chi connectivity index (χ1v) is 7.72. The topological polar surface area (TPSA) is 68.3 Å². The van der Waals surface area contributed by atoms with Crippen LogP contribution in [0.4, 0.5) is 11.5 Å². The van der Waals surface area contributed by atoms with Gasteiger partial charge in [0.15, 0.2) is 11.5 Å². The quantitative estimate of drug-likeness (QED) is 0.523. The van der Waals surface area contributed by atoms with E-state index < -0.39 is 5.97 Å². The SMILES string of the molecule is CCOC(=O)c1nc2ccccn2c1N=Nc1cc(C)cc(C)c1. The third kappa shape index (κ3) is 3.17. The van der Waals surface area contributed by atoms with Gasteiger partial charge in [0, 0.05) is 6.20 Å². The molecule has 0 atom stereocenters. The van der Waals surface area contributed by atoms with Gasteiger partial charge in [0.25, 0.3) is 0 Å². The molecule has 0 spiro atoms. The van der Waals surface area contributed by atoms with Crippen LogP contribution >= 0.6 is 0 Å². The molecule has 0 amide bonds. The first-order chi connectivity index (χ1) is 11.6. The smallest absolute Gasteiger partial charge is 0.360 e. The number of hydrogen-bond donors (Lipinski definition) is 0. The van der Waals surface area contributed by atoms with Crippen molar-refractivity contribution in [3.8, 4) is 0 Å². The highest BCUT2D eigenvalue weighted by molar-refractivity contribution is 5.93. The number of aryl methyl sites for hydroxylation is 2. The van der Waals surface area contributed by atoms with Crippen LogP contribution < -0.4 is 0 Å². The van der Waals surface area contributed by atoms with Crippen LogP contribution in [0.5, 0.6) is 0 Å². The lowest BCUT2D eigenvalue weighted by molar-refractivity contribution is 0.0521. The lowest BCUT2D eigenvalue weighted by Crippen LogP contribution is -2.05. The number of esters is 1. The second-order valence-corrected chi connectivity index (χ2v) is 5.48. The predicted molar refractivity (Wildman–Crippen MR) is 91.2 cm³/mol. The average Bonchev–Trinajstić information content (AvgIpc) is 2.91. The van der Waals surface area contributed by atoms with Crippen molar-refractivity contribution >= 4 is 23.1 Å². The largest absolute Gasteiger partial charge is 0.461 e. The maximum atomic E-state index is 12.2. The molecular weight excluding hydrogens is 304 g/mol. The molecule has 2 heterocycles. The highest BCUT2D eigenvalue weighted by atomic mass is 16.5. The number of pyridine rings is 1. The van der Waals surface area contributed by atoms with E-state index in [1.165, 1.54) is 0 Å². The molecule has 0 saturated heterocycles. The molecule has 0 bridgehead atoms. The molecule has 0 fully saturated rings. The number of rotatable bonds is 4. The van der Waals surface area contributed by atoms with Crippen LogP contribution in [0.1, 0.15) is 28.5 Å². The van der Waals surface area contributed by atoms with Gasteiger partial charge in [0.1, 0.15) is 5.65 Å². The van der Waals surface area contributed by atoms with Crippen molar-refractivity contribution in [1.82, 2.24) is 9.38 Å². The fourth-order valence-electron chi connectivity index (χ4n) is 2.53. The molecular formula is C18H18N4O2. The Bertz CT molecular complexity index is 908. The van der Waals surface area contributed by atoms with Crippen molar-refractivity contribution in [2.24, 2.45) is 10.2 Å². The Morgan fingerprint density at radius 3 is 2.62 bits per heavy atom. The van der Waals surface area contributed by atoms with E-state index in [0.717, 1.165) is 16.8 Å². The summed E-state index contributed by atoms with van der Waals surface area (Å²) in [6.07, 6.45) is 1.79. The minimum Gasteiger partial charge on any atom is -0.461 e. The molecule has 0 aliphatic carbocycles. The highest BCUT2D eigenvalue weighted by Gasteiger charge is 2.20. The zero-order valence-electron chi connectivity index (χ0n) is 13.9. The summed E-state index contributed by atoms with van der Waals surface area (Å²) in [4.78, 5) is 16.5. The zero-order valence-corrected chi connectivity index (χ0v) is 13.9. The normalized spacial score (nSPS) is 11.3. The molecule has 2 aromatic heterocycles. The summed E-state index contributed by atoms with van der Waals surface area (Å²) in [6, 6.07) is 11.4. The van der Waals surface area contributed by atoms with E-state index in [9.17, 15) is 4.79 Å². The van der Waals surface area contributed by atoms with Crippen LogP contribution in [0.2, 0.25) is 0 Å². The first kappa shape index (κ1) is 15.9. The van der Waals surface area contributed by atoms with E-state index in [2.05, 4.69) is 21.3 Å². The van der Waals surface area contributed by atoms with E-state index >= 15 is 0 Å². The fourth-order valence-corrected chi connectivity index (χ4v) is 2.53. The van der Waals surface area contributed by atoms with E-state index in [4.69, 9.17) is 4.74 Å². The molecule has 0 aliphatic heterocycles. The zero-order chi connectivity index (χ0) is 17.1. The molecule has 0 radical (unpaired) electrons. The number of benzene rings is 1. The lowest BCUT2D eigenvalue weighted by atomic mass is 10.1. The first-order valence-electron chi connectivity index (χ1n) is 7.72.